The summed E-state index contributed by atoms with van der Waals surface area (Å²) in [6.45, 7) is 8.59. The van der Waals surface area contributed by atoms with Gasteiger partial charge in [0.15, 0.2) is 11.6 Å². The van der Waals surface area contributed by atoms with Crippen LogP contribution in [0.15, 0.2) is 30.5 Å². The third-order valence-electron chi connectivity index (χ3n) is 5.61. The number of piperazine rings is 1. The molecule has 1 aliphatic heterocycles. The SMILES string of the molecule is CCc1cc(N2CCN(c3nnc(C)c(C)c3C(N)=O)CC2)nc(-c2ccccn2)n1. The minimum absolute atomic E-state index is 0.452. The van der Waals surface area contributed by atoms with Crippen LogP contribution < -0.4 is 15.5 Å². The number of carbonyl (C=O) groups excluding carboxylic acids is 1. The van der Waals surface area contributed by atoms with Crippen molar-refractivity contribution in [1.82, 2.24) is 25.1 Å². The maximum absolute atomic E-state index is 12.1. The zero-order chi connectivity index (χ0) is 22.0. The smallest absolute Gasteiger partial charge is 0.252 e. The molecule has 160 valence electrons. The second kappa shape index (κ2) is 8.63. The molecular formula is C22H26N8O. The van der Waals surface area contributed by atoms with Gasteiger partial charge in [0.1, 0.15) is 11.5 Å². The second-order valence-electron chi connectivity index (χ2n) is 7.56. The summed E-state index contributed by atoms with van der Waals surface area (Å²) in [5.41, 5.74) is 9.33. The maximum Gasteiger partial charge on any atom is 0.252 e. The average Bonchev–Trinajstić information content (AvgIpc) is 2.81. The number of hydrogen-bond donors (Lipinski definition) is 1. The zero-order valence-corrected chi connectivity index (χ0v) is 18.0. The Morgan fingerprint density at radius 1 is 1.06 bits per heavy atom. The van der Waals surface area contributed by atoms with Crippen molar-refractivity contribution >= 4 is 17.5 Å². The minimum Gasteiger partial charge on any atom is -0.365 e. The standard InChI is InChI=1S/C22H26N8O/c1-4-16-13-18(26-21(25-16)17-7-5-6-8-24-17)29-9-11-30(12-10-29)22-19(20(23)31)14(2)15(3)27-28-22/h5-8,13H,4,9-12H2,1-3H3,(H2,23,31). The predicted molar refractivity (Wildman–Crippen MR) is 119 cm³/mol. The van der Waals surface area contributed by atoms with Gasteiger partial charge in [-0.1, -0.05) is 13.0 Å². The Kier molecular flexibility index (Phi) is 5.75. The normalized spacial score (nSPS) is 14.0. The van der Waals surface area contributed by atoms with Crippen LogP contribution in [-0.4, -0.2) is 57.2 Å². The molecule has 0 aromatic carbocycles. The predicted octanol–water partition coefficient (Wildman–Crippen LogP) is 1.93. The highest BCUT2D eigenvalue weighted by molar-refractivity contribution is 5.99. The Labute approximate surface area is 181 Å². The van der Waals surface area contributed by atoms with Crippen molar-refractivity contribution < 1.29 is 4.79 Å². The molecule has 0 unspecified atom stereocenters. The number of carbonyl (C=O) groups is 1. The van der Waals surface area contributed by atoms with Gasteiger partial charge in [-0.3, -0.25) is 9.78 Å². The van der Waals surface area contributed by atoms with Crippen molar-refractivity contribution in [3.05, 3.63) is 53.0 Å². The van der Waals surface area contributed by atoms with Crippen LogP contribution in [0.5, 0.6) is 0 Å². The number of amides is 1. The molecule has 1 fully saturated rings. The number of aryl methyl sites for hydroxylation is 2. The van der Waals surface area contributed by atoms with Gasteiger partial charge in [-0.2, -0.15) is 5.10 Å². The Bertz CT molecular complexity index is 1090. The van der Waals surface area contributed by atoms with E-state index >= 15 is 0 Å². The first-order valence-corrected chi connectivity index (χ1v) is 10.4. The molecule has 9 heteroatoms. The summed E-state index contributed by atoms with van der Waals surface area (Å²) in [4.78, 5) is 30.2. The van der Waals surface area contributed by atoms with Gasteiger partial charge in [0.05, 0.1) is 11.3 Å². The van der Waals surface area contributed by atoms with Crippen molar-refractivity contribution in [2.75, 3.05) is 36.0 Å². The van der Waals surface area contributed by atoms with Crippen molar-refractivity contribution in [1.29, 1.82) is 0 Å². The Morgan fingerprint density at radius 3 is 2.45 bits per heavy atom. The van der Waals surface area contributed by atoms with E-state index in [1.165, 1.54) is 0 Å². The Balaban J connectivity index is 1.57. The summed E-state index contributed by atoms with van der Waals surface area (Å²) in [7, 11) is 0. The lowest BCUT2D eigenvalue weighted by molar-refractivity contribution is 0.0999. The van der Waals surface area contributed by atoms with Crippen LogP contribution in [0.4, 0.5) is 11.6 Å². The monoisotopic (exact) mass is 418 g/mol. The van der Waals surface area contributed by atoms with Gasteiger partial charge >= 0.3 is 0 Å². The number of nitrogens with two attached hydrogens (primary N) is 1. The lowest BCUT2D eigenvalue weighted by atomic mass is 10.1. The van der Waals surface area contributed by atoms with E-state index in [4.69, 9.17) is 10.7 Å². The Hall–Kier alpha value is -3.62. The summed E-state index contributed by atoms with van der Waals surface area (Å²) in [5.74, 6) is 1.60. The van der Waals surface area contributed by atoms with Crippen LogP contribution in [0.3, 0.4) is 0 Å². The fourth-order valence-corrected chi connectivity index (χ4v) is 3.70. The van der Waals surface area contributed by atoms with Gasteiger partial charge in [0, 0.05) is 44.1 Å². The highest BCUT2D eigenvalue weighted by atomic mass is 16.1. The number of rotatable bonds is 5. The van der Waals surface area contributed by atoms with Crippen LogP contribution >= 0.6 is 0 Å². The molecule has 0 aliphatic carbocycles. The largest absolute Gasteiger partial charge is 0.365 e. The topological polar surface area (TPSA) is 114 Å². The van der Waals surface area contributed by atoms with E-state index in [1.54, 1.807) is 6.20 Å². The van der Waals surface area contributed by atoms with Gasteiger partial charge in [-0.05, 0) is 38.0 Å². The van der Waals surface area contributed by atoms with E-state index in [0.29, 0.717) is 36.0 Å². The van der Waals surface area contributed by atoms with Crippen LogP contribution in [-0.2, 0) is 6.42 Å². The summed E-state index contributed by atoms with van der Waals surface area (Å²) in [5, 5.41) is 8.49. The molecule has 0 radical (unpaired) electrons. The maximum atomic E-state index is 12.1. The number of aromatic nitrogens is 5. The van der Waals surface area contributed by atoms with Crippen molar-refractivity contribution in [3.8, 4) is 11.5 Å². The quantitative estimate of drug-likeness (QED) is 0.669. The van der Waals surface area contributed by atoms with Crippen molar-refractivity contribution in [3.63, 3.8) is 0 Å². The molecule has 3 aromatic rings. The molecule has 1 aliphatic rings. The summed E-state index contributed by atoms with van der Waals surface area (Å²) < 4.78 is 0. The van der Waals surface area contributed by atoms with E-state index in [-0.39, 0.29) is 0 Å². The van der Waals surface area contributed by atoms with E-state index in [2.05, 4.69) is 36.9 Å². The second-order valence-corrected chi connectivity index (χ2v) is 7.56. The molecule has 31 heavy (non-hydrogen) atoms. The first-order valence-electron chi connectivity index (χ1n) is 10.4. The average molecular weight is 419 g/mol. The molecule has 4 heterocycles. The third-order valence-corrected chi connectivity index (χ3v) is 5.61. The molecule has 0 saturated carbocycles. The number of nitrogens with zero attached hydrogens (tertiary/aromatic N) is 7. The van der Waals surface area contributed by atoms with Crippen molar-refractivity contribution in [2.45, 2.75) is 27.2 Å². The van der Waals surface area contributed by atoms with Crippen molar-refractivity contribution in [2.24, 2.45) is 5.73 Å². The van der Waals surface area contributed by atoms with E-state index in [0.717, 1.165) is 42.3 Å². The van der Waals surface area contributed by atoms with Crippen LogP contribution in [0.1, 0.15) is 34.2 Å². The van der Waals surface area contributed by atoms with E-state index in [1.807, 2.05) is 38.1 Å². The summed E-state index contributed by atoms with van der Waals surface area (Å²) in [6, 6.07) is 7.76. The molecule has 4 rings (SSSR count). The minimum atomic E-state index is -0.476. The van der Waals surface area contributed by atoms with Crippen LogP contribution in [0.25, 0.3) is 11.5 Å². The van der Waals surface area contributed by atoms with Crippen LogP contribution in [0.2, 0.25) is 0 Å². The number of pyridine rings is 1. The lowest BCUT2D eigenvalue weighted by Gasteiger charge is -2.36. The molecule has 0 bridgehead atoms. The molecule has 1 saturated heterocycles. The van der Waals surface area contributed by atoms with Gasteiger partial charge in [0.25, 0.3) is 5.91 Å². The molecule has 1 amide bonds. The number of hydrogen-bond acceptors (Lipinski definition) is 8. The van der Waals surface area contributed by atoms with Gasteiger partial charge in [0.2, 0.25) is 0 Å². The molecule has 0 atom stereocenters. The van der Waals surface area contributed by atoms with Gasteiger partial charge in [-0.25, -0.2) is 9.97 Å². The third kappa shape index (κ3) is 4.16. The van der Waals surface area contributed by atoms with Gasteiger partial charge in [-0.15, -0.1) is 5.10 Å². The van der Waals surface area contributed by atoms with Gasteiger partial charge < -0.3 is 15.5 Å². The highest BCUT2D eigenvalue weighted by Gasteiger charge is 2.25. The highest BCUT2D eigenvalue weighted by Crippen LogP contribution is 2.25. The number of primary amides is 1. The van der Waals surface area contributed by atoms with E-state index < -0.39 is 5.91 Å². The first kappa shape index (κ1) is 20.6. The molecule has 0 spiro atoms. The molecular weight excluding hydrogens is 392 g/mol. The summed E-state index contributed by atoms with van der Waals surface area (Å²) in [6.07, 6.45) is 2.56. The first-order chi connectivity index (χ1) is 15.0. The molecule has 2 N–H and O–H groups in total. The molecule has 9 nitrogen and oxygen atoms in total. The summed E-state index contributed by atoms with van der Waals surface area (Å²) >= 11 is 0. The fraction of sp³-hybridized carbons (Fsp3) is 0.364. The van der Waals surface area contributed by atoms with Crippen LogP contribution in [0, 0.1) is 13.8 Å². The Morgan fingerprint density at radius 2 is 1.81 bits per heavy atom. The zero-order valence-electron chi connectivity index (χ0n) is 18.0. The fourth-order valence-electron chi connectivity index (χ4n) is 3.70. The molecule has 3 aromatic heterocycles. The lowest BCUT2D eigenvalue weighted by Crippen LogP contribution is -2.48. The number of anilines is 2. The van der Waals surface area contributed by atoms with E-state index in [9.17, 15) is 4.79 Å².